The van der Waals surface area contributed by atoms with Gasteiger partial charge in [-0.15, -0.1) is 0 Å². The van der Waals surface area contributed by atoms with Crippen LogP contribution in [0.1, 0.15) is 53.4 Å². The summed E-state index contributed by atoms with van der Waals surface area (Å²) in [5.74, 6) is 1.03. The monoisotopic (exact) mass is 375 g/mol. The molecule has 0 fully saturated rings. The molecule has 8 heteroatoms. The Morgan fingerprint density at radius 2 is 1.58 bits per heavy atom. The standard InChI is InChI=1S/C16H33N3O3SSi/c1-5-20-24(21-6-2,22-7-3)14-12-10-9-11-13-19-16(23-8-4)17-15-18-19/h15H,5-14H2,1-4H3. The Hall–Kier alpha value is -0.413. The fourth-order valence-electron chi connectivity index (χ4n) is 2.61. The summed E-state index contributed by atoms with van der Waals surface area (Å²) >= 11 is 1.74. The zero-order chi connectivity index (χ0) is 17.7. The maximum atomic E-state index is 5.89. The van der Waals surface area contributed by atoms with E-state index < -0.39 is 8.80 Å². The van der Waals surface area contributed by atoms with E-state index in [1.165, 1.54) is 6.42 Å². The molecule has 0 atom stereocenters. The van der Waals surface area contributed by atoms with Gasteiger partial charge in [-0.2, -0.15) is 5.10 Å². The second-order valence-corrected chi connectivity index (χ2v) is 9.31. The number of unbranched alkanes of at least 4 members (excludes halogenated alkanes) is 3. The minimum atomic E-state index is -2.46. The van der Waals surface area contributed by atoms with Crippen molar-refractivity contribution >= 4 is 20.6 Å². The van der Waals surface area contributed by atoms with E-state index >= 15 is 0 Å². The summed E-state index contributed by atoms with van der Waals surface area (Å²) in [7, 11) is -2.46. The number of hydrogen-bond acceptors (Lipinski definition) is 6. The molecule has 1 aromatic rings. The third-order valence-electron chi connectivity index (χ3n) is 3.55. The fourth-order valence-corrected chi connectivity index (χ4v) is 5.96. The Kier molecular flexibility index (Phi) is 11.6. The van der Waals surface area contributed by atoms with Crippen LogP contribution in [-0.2, 0) is 19.8 Å². The van der Waals surface area contributed by atoms with E-state index in [2.05, 4.69) is 17.0 Å². The average molecular weight is 376 g/mol. The van der Waals surface area contributed by atoms with Gasteiger partial charge in [0.25, 0.3) is 0 Å². The topological polar surface area (TPSA) is 58.4 Å². The van der Waals surface area contributed by atoms with Crippen molar-refractivity contribution in [2.24, 2.45) is 0 Å². The molecule has 0 N–H and O–H groups in total. The third-order valence-corrected chi connectivity index (χ3v) is 7.56. The number of hydrogen-bond donors (Lipinski definition) is 0. The summed E-state index contributed by atoms with van der Waals surface area (Å²) in [6.45, 7) is 11.0. The first-order valence-electron chi connectivity index (χ1n) is 9.13. The van der Waals surface area contributed by atoms with Gasteiger partial charge in [-0.1, -0.05) is 31.5 Å². The van der Waals surface area contributed by atoms with Crippen molar-refractivity contribution in [2.75, 3.05) is 25.6 Å². The van der Waals surface area contributed by atoms with Crippen molar-refractivity contribution in [3.63, 3.8) is 0 Å². The highest BCUT2D eigenvalue weighted by molar-refractivity contribution is 7.99. The molecule has 140 valence electrons. The van der Waals surface area contributed by atoms with Gasteiger partial charge in [-0.05, 0) is 39.4 Å². The predicted molar refractivity (Wildman–Crippen MR) is 100 cm³/mol. The van der Waals surface area contributed by atoms with Gasteiger partial charge in [0.05, 0.1) is 0 Å². The molecular weight excluding hydrogens is 342 g/mol. The number of nitrogens with zero attached hydrogens (tertiary/aromatic N) is 3. The highest BCUT2D eigenvalue weighted by atomic mass is 32.2. The zero-order valence-corrected chi connectivity index (χ0v) is 17.4. The normalized spacial score (nSPS) is 12.0. The second-order valence-electron chi connectivity index (χ2n) is 5.35. The van der Waals surface area contributed by atoms with Gasteiger partial charge < -0.3 is 13.3 Å². The van der Waals surface area contributed by atoms with Crippen LogP contribution in [0.5, 0.6) is 0 Å². The van der Waals surface area contributed by atoms with Gasteiger partial charge in [-0.25, -0.2) is 9.67 Å². The summed E-state index contributed by atoms with van der Waals surface area (Å²) in [5, 5.41) is 5.32. The summed E-state index contributed by atoms with van der Waals surface area (Å²) in [5.41, 5.74) is 0. The van der Waals surface area contributed by atoms with Gasteiger partial charge in [0.15, 0.2) is 5.16 Å². The van der Waals surface area contributed by atoms with Crippen LogP contribution >= 0.6 is 11.8 Å². The van der Waals surface area contributed by atoms with Crippen LogP contribution in [0.15, 0.2) is 11.5 Å². The quantitative estimate of drug-likeness (QED) is 0.262. The summed E-state index contributed by atoms with van der Waals surface area (Å²) in [6, 6.07) is 0.906. The number of rotatable bonds is 15. The SMILES string of the molecule is CCO[Si](CCCCCCn1ncnc1SCC)(OCC)OCC. The van der Waals surface area contributed by atoms with Crippen LogP contribution < -0.4 is 0 Å². The number of aryl methyl sites for hydroxylation is 1. The van der Waals surface area contributed by atoms with Crippen molar-refractivity contribution in [1.82, 2.24) is 14.8 Å². The van der Waals surface area contributed by atoms with Crippen LogP contribution in [0.25, 0.3) is 0 Å². The molecule has 0 aliphatic heterocycles. The van der Waals surface area contributed by atoms with Crippen LogP contribution in [0.3, 0.4) is 0 Å². The van der Waals surface area contributed by atoms with Crippen molar-refractivity contribution in [3.05, 3.63) is 6.33 Å². The largest absolute Gasteiger partial charge is 0.500 e. The van der Waals surface area contributed by atoms with Gasteiger partial charge in [0.2, 0.25) is 0 Å². The van der Waals surface area contributed by atoms with Crippen molar-refractivity contribution in [1.29, 1.82) is 0 Å². The van der Waals surface area contributed by atoms with Crippen LogP contribution in [-0.4, -0.2) is 49.1 Å². The lowest BCUT2D eigenvalue weighted by Gasteiger charge is -2.28. The van der Waals surface area contributed by atoms with Gasteiger partial charge >= 0.3 is 8.80 Å². The van der Waals surface area contributed by atoms with Crippen LogP contribution in [0, 0.1) is 0 Å². The first-order chi connectivity index (χ1) is 11.7. The molecule has 0 bridgehead atoms. The lowest BCUT2D eigenvalue weighted by molar-refractivity contribution is 0.0706. The van der Waals surface area contributed by atoms with Gasteiger partial charge in [0.1, 0.15) is 6.33 Å². The van der Waals surface area contributed by atoms with E-state index in [0.717, 1.165) is 42.8 Å². The van der Waals surface area contributed by atoms with Crippen LogP contribution in [0.4, 0.5) is 0 Å². The van der Waals surface area contributed by atoms with E-state index in [9.17, 15) is 0 Å². The molecule has 0 radical (unpaired) electrons. The second kappa shape index (κ2) is 12.9. The minimum Gasteiger partial charge on any atom is -0.374 e. The zero-order valence-electron chi connectivity index (χ0n) is 15.6. The van der Waals surface area contributed by atoms with E-state index in [1.807, 2.05) is 25.5 Å². The fraction of sp³-hybridized carbons (Fsp3) is 0.875. The van der Waals surface area contributed by atoms with Gasteiger partial charge in [-0.3, -0.25) is 0 Å². The van der Waals surface area contributed by atoms with Gasteiger partial charge in [0, 0.05) is 32.4 Å². The molecule has 0 spiro atoms. The maximum Gasteiger partial charge on any atom is 0.500 e. The Labute approximate surface area is 152 Å². The number of aromatic nitrogens is 3. The molecule has 0 amide bonds. The Balaban J connectivity index is 2.28. The minimum absolute atomic E-state index is 0.649. The first-order valence-corrected chi connectivity index (χ1v) is 12.1. The lowest BCUT2D eigenvalue weighted by atomic mass is 10.2. The molecule has 1 aromatic heterocycles. The smallest absolute Gasteiger partial charge is 0.374 e. The highest BCUT2D eigenvalue weighted by Crippen LogP contribution is 2.20. The molecule has 0 saturated carbocycles. The molecule has 0 aliphatic rings. The first kappa shape index (κ1) is 21.6. The summed E-state index contributed by atoms with van der Waals surface area (Å²) < 4.78 is 19.7. The molecule has 0 unspecified atom stereocenters. The number of thioether (sulfide) groups is 1. The molecule has 6 nitrogen and oxygen atoms in total. The highest BCUT2D eigenvalue weighted by Gasteiger charge is 2.39. The van der Waals surface area contributed by atoms with E-state index in [0.29, 0.717) is 19.8 Å². The third kappa shape index (κ3) is 7.65. The Bertz CT molecular complexity index is 417. The summed E-state index contributed by atoms with van der Waals surface area (Å²) in [6.07, 6.45) is 6.18. The molecule has 0 aromatic carbocycles. The maximum absolute atomic E-state index is 5.89. The predicted octanol–water partition coefficient (Wildman–Crippen LogP) is 4.00. The van der Waals surface area contributed by atoms with E-state index in [1.54, 1.807) is 18.1 Å². The van der Waals surface area contributed by atoms with E-state index in [4.69, 9.17) is 13.3 Å². The lowest BCUT2D eigenvalue weighted by Crippen LogP contribution is -2.45. The molecule has 24 heavy (non-hydrogen) atoms. The Morgan fingerprint density at radius 1 is 0.958 bits per heavy atom. The van der Waals surface area contributed by atoms with Crippen molar-refractivity contribution in [2.45, 2.75) is 71.1 Å². The molecule has 0 saturated heterocycles. The molecule has 0 aliphatic carbocycles. The average Bonchev–Trinajstić information content (AvgIpc) is 2.99. The van der Waals surface area contributed by atoms with E-state index in [-0.39, 0.29) is 0 Å². The molecular formula is C16H33N3O3SSi. The van der Waals surface area contributed by atoms with Crippen molar-refractivity contribution < 1.29 is 13.3 Å². The molecule has 1 heterocycles. The summed E-state index contributed by atoms with van der Waals surface area (Å²) in [4.78, 5) is 4.29. The Morgan fingerprint density at radius 3 is 2.17 bits per heavy atom. The van der Waals surface area contributed by atoms with Crippen molar-refractivity contribution in [3.8, 4) is 0 Å². The van der Waals surface area contributed by atoms with Crippen LogP contribution in [0.2, 0.25) is 6.04 Å². The molecule has 1 rings (SSSR count).